The highest BCUT2D eigenvalue weighted by Gasteiger charge is 2.25. The average Bonchev–Trinajstić information content (AvgIpc) is 3.07. The molecule has 2 aromatic carbocycles. The van der Waals surface area contributed by atoms with Crippen LogP contribution in [0.3, 0.4) is 0 Å². The van der Waals surface area contributed by atoms with Gasteiger partial charge in [-0.15, -0.1) is 0 Å². The number of para-hydroxylation sites is 2. The topological polar surface area (TPSA) is 56.2 Å². The third-order valence-corrected chi connectivity index (χ3v) is 5.21. The van der Waals surface area contributed by atoms with Crippen LogP contribution in [0.2, 0.25) is 5.02 Å². The van der Waals surface area contributed by atoms with Crippen molar-refractivity contribution in [3.8, 4) is 5.75 Å². The van der Waals surface area contributed by atoms with Gasteiger partial charge in [0, 0.05) is 17.0 Å². The number of fused-ring (bicyclic) bond motifs is 1. The molecule has 1 atom stereocenters. The average molecular weight is 428 g/mol. The van der Waals surface area contributed by atoms with E-state index in [-0.39, 0.29) is 11.9 Å². The third kappa shape index (κ3) is 5.54. The second-order valence-corrected chi connectivity index (χ2v) is 9.00. The number of benzene rings is 2. The Bertz CT molecular complexity index is 990. The van der Waals surface area contributed by atoms with Gasteiger partial charge in [0.25, 0.3) is 0 Å². The zero-order chi connectivity index (χ0) is 21.7. The number of nitrogens with zero attached hydrogens (tertiary/aromatic N) is 2. The summed E-state index contributed by atoms with van der Waals surface area (Å²) in [4.78, 5) is 17.3. The largest absolute Gasteiger partial charge is 0.494 e. The van der Waals surface area contributed by atoms with E-state index < -0.39 is 5.41 Å². The molecule has 1 unspecified atom stereocenters. The van der Waals surface area contributed by atoms with Crippen molar-refractivity contribution in [2.75, 3.05) is 6.61 Å². The van der Waals surface area contributed by atoms with E-state index >= 15 is 0 Å². The second kappa shape index (κ2) is 9.52. The maximum atomic E-state index is 12.5. The van der Waals surface area contributed by atoms with E-state index in [4.69, 9.17) is 21.3 Å². The highest BCUT2D eigenvalue weighted by Crippen LogP contribution is 2.23. The number of hydrogen-bond donors (Lipinski definition) is 1. The quantitative estimate of drug-likeness (QED) is 0.464. The number of ether oxygens (including phenoxy) is 1. The van der Waals surface area contributed by atoms with Gasteiger partial charge < -0.3 is 14.6 Å². The lowest BCUT2D eigenvalue weighted by Crippen LogP contribution is -2.37. The molecule has 1 amide bonds. The molecule has 1 aromatic heterocycles. The van der Waals surface area contributed by atoms with Crippen molar-refractivity contribution >= 4 is 28.5 Å². The highest BCUT2D eigenvalue weighted by molar-refractivity contribution is 6.30. The van der Waals surface area contributed by atoms with Gasteiger partial charge in [0.05, 0.1) is 23.7 Å². The number of rotatable bonds is 8. The Morgan fingerprint density at radius 1 is 1.13 bits per heavy atom. The molecule has 160 valence electrons. The van der Waals surface area contributed by atoms with Gasteiger partial charge in [-0.3, -0.25) is 4.79 Å². The van der Waals surface area contributed by atoms with E-state index in [2.05, 4.69) is 16.0 Å². The SMILES string of the molecule is CC(NC(=O)C(C)(C)C)c1nc2ccccc2n1CCCCOc1ccc(Cl)cc1. The molecule has 5 nitrogen and oxygen atoms in total. The number of hydrogen-bond acceptors (Lipinski definition) is 3. The first-order valence-corrected chi connectivity index (χ1v) is 10.8. The summed E-state index contributed by atoms with van der Waals surface area (Å²) in [6.07, 6.45) is 1.86. The molecule has 0 fully saturated rings. The fourth-order valence-electron chi connectivity index (χ4n) is 3.23. The Hall–Kier alpha value is -2.53. The van der Waals surface area contributed by atoms with E-state index in [9.17, 15) is 4.79 Å². The maximum Gasteiger partial charge on any atom is 0.225 e. The second-order valence-electron chi connectivity index (χ2n) is 8.56. The van der Waals surface area contributed by atoms with Crippen LogP contribution in [-0.2, 0) is 11.3 Å². The van der Waals surface area contributed by atoms with E-state index in [1.165, 1.54) is 0 Å². The van der Waals surface area contributed by atoms with Crippen LogP contribution in [0.25, 0.3) is 11.0 Å². The molecule has 1 N–H and O–H groups in total. The lowest BCUT2D eigenvalue weighted by Gasteiger charge is -2.22. The molecule has 0 aliphatic heterocycles. The van der Waals surface area contributed by atoms with Gasteiger partial charge in [-0.1, -0.05) is 44.5 Å². The number of nitrogens with one attached hydrogen (secondary N) is 1. The molecule has 0 spiro atoms. The first-order chi connectivity index (χ1) is 14.3. The first kappa shape index (κ1) is 22.2. The molecule has 3 rings (SSSR count). The van der Waals surface area contributed by atoms with E-state index in [1.54, 1.807) is 0 Å². The van der Waals surface area contributed by atoms with Crippen molar-refractivity contribution in [2.24, 2.45) is 5.41 Å². The highest BCUT2D eigenvalue weighted by atomic mass is 35.5. The van der Waals surface area contributed by atoms with Crippen LogP contribution in [0.1, 0.15) is 52.4 Å². The third-order valence-electron chi connectivity index (χ3n) is 4.96. The van der Waals surface area contributed by atoms with Gasteiger partial charge in [0.1, 0.15) is 11.6 Å². The van der Waals surface area contributed by atoms with Crippen LogP contribution < -0.4 is 10.1 Å². The monoisotopic (exact) mass is 427 g/mol. The Labute approximate surface area is 183 Å². The van der Waals surface area contributed by atoms with Gasteiger partial charge >= 0.3 is 0 Å². The van der Waals surface area contributed by atoms with Crippen LogP contribution >= 0.6 is 11.6 Å². The molecular formula is C24H30ClN3O2. The lowest BCUT2D eigenvalue weighted by atomic mass is 9.95. The van der Waals surface area contributed by atoms with Crippen molar-refractivity contribution < 1.29 is 9.53 Å². The van der Waals surface area contributed by atoms with Crippen LogP contribution in [0, 0.1) is 5.41 Å². The Morgan fingerprint density at radius 3 is 2.53 bits per heavy atom. The molecule has 6 heteroatoms. The minimum absolute atomic E-state index is 0.0185. The van der Waals surface area contributed by atoms with Gasteiger partial charge in [0.15, 0.2) is 0 Å². The summed E-state index contributed by atoms with van der Waals surface area (Å²) < 4.78 is 8.01. The normalized spacial score (nSPS) is 12.7. The van der Waals surface area contributed by atoms with Crippen molar-refractivity contribution in [3.63, 3.8) is 0 Å². The number of imidazole rings is 1. The van der Waals surface area contributed by atoms with E-state index in [1.807, 2.05) is 70.2 Å². The number of halogens is 1. The minimum atomic E-state index is -0.440. The molecule has 0 radical (unpaired) electrons. The van der Waals surface area contributed by atoms with Gasteiger partial charge in [-0.2, -0.15) is 0 Å². The number of carbonyl (C=O) groups excluding carboxylic acids is 1. The van der Waals surface area contributed by atoms with Crippen LogP contribution in [0.5, 0.6) is 5.75 Å². The summed E-state index contributed by atoms with van der Waals surface area (Å²) in [5.41, 5.74) is 1.59. The standard InChI is InChI=1S/C24H30ClN3O2/c1-17(26-23(29)24(2,3)4)22-27-20-9-5-6-10-21(20)28(22)15-7-8-16-30-19-13-11-18(25)12-14-19/h5-6,9-14,17H,7-8,15-16H2,1-4H3,(H,26,29). The fraction of sp³-hybridized carbons (Fsp3) is 0.417. The number of amides is 1. The summed E-state index contributed by atoms with van der Waals surface area (Å²) >= 11 is 5.91. The molecule has 0 saturated heterocycles. The van der Waals surface area contributed by atoms with E-state index in [0.717, 1.165) is 42.0 Å². The summed E-state index contributed by atoms with van der Waals surface area (Å²) in [5.74, 6) is 1.73. The van der Waals surface area contributed by atoms with Crippen molar-refractivity contribution in [1.82, 2.24) is 14.9 Å². The van der Waals surface area contributed by atoms with Gasteiger partial charge in [-0.05, 0) is 56.2 Å². The molecule has 1 heterocycles. The summed E-state index contributed by atoms with van der Waals surface area (Å²) in [6, 6.07) is 15.3. The Kier molecular flexibility index (Phi) is 7.03. The zero-order valence-corrected chi connectivity index (χ0v) is 18.9. The summed E-state index contributed by atoms with van der Waals surface area (Å²) in [7, 11) is 0. The minimum Gasteiger partial charge on any atom is -0.494 e. The molecule has 0 saturated carbocycles. The van der Waals surface area contributed by atoms with Crippen LogP contribution in [-0.4, -0.2) is 22.1 Å². The smallest absolute Gasteiger partial charge is 0.225 e. The summed E-state index contributed by atoms with van der Waals surface area (Å²) in [5, 5.41) is 3.81. The van der Waals surface area contributed by atoms with Gasteiger partial charge in [0.2, 0.25) is 5.91 Å². The molecule has 0 aliphatic carbocycles. The number of aromatic nitrogens is 2. The van der Waals surface area contributed by atoms with E-state index in [0.29, 0.717) is 11.6 Å². The predicted molar refractivity (Wildman–Crippen MR) is 122 cm³/mol. The Balaban J connectivity index is 1.65. The molecule has 3 aromatic rings. The number of carbonyl (C=O) groups is 1. The predicted octanol–water partition coefficient (Wildman–Crippen LogP) is 5.77. The fourth-order valence-corrected chi connectivity index (χ4v) is 3.36. The molecular weight excluding hydrogens is 398 g/mol. The van der Waals surface area contributed by atoms with Crippen molar-refractivity contribution in [3.05, 3.63) is 59.4 Å². The molecule has 0 bridgehead atoms. The number of unbranched alkanes of at least 4 members (excludes halogenated alkanes) is 1. The first-order valence-electron chi connectivity index (χ1n) is 10.4. The summed E-state index contributed by atoms with van der Waals surface area (Å²) in [6.45, 7) is 9.19. The van der Waals surface area contributed by atoms with Crippen LogP contribution in [0.15, 0.2) is 48.5 Å². The van der Waals surface area contributed by atoms with Gasteiger partial charge in [-0.25, -0.2) is 4.98 Å². The van der Waals surface area contributed by atoms with Crippen LogP contribution in [0.4, 0.5) is 0 Å². The zero-order valence-electron chi connectivity index (χ0n) is 18.1. The van der Waals surface area contributed by atoms with Crippen molar-refractivity contribution in [1.29, 1.82) is 0 Å². The molecule has 30 heavy (non-hydrogen) atoms. The van der Waals surface area contributed by atoms with Crippen molar-refractivity contribution in [2.45, 2.75) is 53.1 Å². The molecule has 0 aliphatic rings. The maximum absolute atomic E-state index is 12.5. The Morgan fingerprint density at radius 2 is 1.83 bits per heavy atom. The lowest BCUT2D eigenvalue weighted by molar-refractivity contribution is -0.129. The number of aryl methyl sites for hydroxylation is 1.